The van der Waals surface area contributed by atoms with Crippen molar-refractivity contribution >= 4 is 11.8 Å². The van der Waals surface area contributed by atoms with Gasteiger partial charge in [0, 0.05) is 24.8 Å². The van der Waals surface area contributed by atoms with E-state index >= 15 is 0 Å². The van der Waals surface area contributed by atoms with E-state index in [1.54, 1.807) is 29.4 Å². The van der Waals surface area contributed by atoms with Crippen LogP contribution in [0.3, 0.4) is 0 Å². The molecular formula is C16H17N3O4. The van der Waals surface area contributed by atoms with Crippen molar-refractivity contribution in [3.05, 3.63) is 53.7 Å². The first kappa shape index (κ1) is 15.2. The van der Waals surface area contributed by atoms with Gasteiger partial charge in [0.1, 0.15) is 11.5 Å². The number of pyridine rings is 1. The van der Waals surface area contributed by atoms with Gasteiger partial charge in [0.25, 0.3) is 11.8 Å². The summed E-state index contributed by atoms with van der Waals surface area (Å²) in [7, 11) is 0. The van der Waals surface area contributed by atoms with Crippen molar-refractivity contribution in [3.63, 3.8) is 0 Å². The summed E-state index contributed by atoms with van der Waals surface area (Å²) in [5.74, 6) is 0.188. The maximum atomic E-state index is 12.4. The third kappa shape index (κ3) is 3.75. The lowest BCUT2D eigenvalue weighted by molar-refractivity contribution is 0.0303. The number of carbonyl (C=O) groups excluding carboxylic acids is 2. The minimum Gasteiger partial charge on any atom is -0.467 e. The third-order valence-electron chi connectivity index (χ3n) is 3.54. The first-order chi connectivity index (χ1) is 11.2. The molecule has 1 aliphatic heterocycles. The molecule has 1 N–H and O–H groups in total. The fraction of sp³-hybridized carbons (Fsp3) is 0.312. The van der Waals surface area contributed by atoms with Gasteiger partial charge in [-0.05, 0) is 24.3 Å². The number of hydrogen-bond acceptors (Lipinski definition) is 5. The lowest BCUT2D eigenvalue weighted by Gasteiger charge is -2.26. The van der Waals surface area contributed by atoms with E-state index in [-0.39, 0.29) is 24.1 Å². The molecule has 2 aromatic rings. The van der Waals surface area contributed by atoms with E-state index in [9.17, 15) is 9.59 Å². The molecule has 0 bridgehead atoms. The summed E-state index contributed by atoms with van der Waals surface area (Å²) in [5.41, 5.74) is 0.653. The number of ether oxygens (including phenoxy) is 1. The Balaban J connectivity index is 1.66. The van der Waals surface area contributed by atoms with Crippen molar-refractivity contribution in [2.75, 3.05) is 26.3 Å². The average molecular weight is 315 g/mol. The lowest BCUT2D eigenvalue weighted by Crippen LogP contribution is -2.40. The summed E-state index contributed by atoms with van der Waals surface area (Å²) >= 11 is 0. The lowest BCUT2D eigenvalue weighted by atomic mass is 10.2. The Morgan fingerprint density at radius 2 is 2.09 bits per heavy atom. The first-order valence-electron chi connectivity index (χ1n) is 7.38. The zero-order valence-corrected chi connectivity index (χ0v) is 12.5. The molecule has 0 aromatic carbocycles. The van der Waals surface area contributed by atoms with Crippen LogP contribution in [0.4, 0.5) is 0 Å². The number of nitrogens with zero attached hydrogens (tertiary/aromatic N) is 2. The number of rotatable bonds is 4. The molecule has 0 saturated carbocycles. The predicted molar refractivity (Wildman–Crippen MR) is 80.8 cm³/mol. The standard InChI is InChI=1S/C16H17N3O4/c20-15(18-11-13-2-1-7-23-13)14-10-12(3-4-17-14)16(21)19-5-8-22-9-6-19/h1-4,7,10H,5-6,8-9,11H2,(H,18,20). The zero-order valence-electron chi connectivity index (χ0n) is 12.5. The Labute approximate surface area is 133 Å². The third-order valence-corrected chi connectivity index (χ3v) is 3.54. The van der Waals surface area contributed by atoms with Gasteiger partial charge in [-0.15, -0.1) is 0 Å². The van der Waals surface area contributed by atoms with E-state index in [2.05, 4.69) is 10.3 Å². The second-order valence-corrected chi connectivity index (χ2v) is 5.10. The molecule has 1 fully saturated rings. The quantitative estimate of drug-likeness (QED) is 0.912. The highest BCUT2D eigenvalue weighted by atomic mass is 16.5. The highest BCUT2D eigenvalue weighted by Crippen LogP contribution is 2.09. The Hall–Kier alpha value is -2.67. The molecule has 7 nitrogen and oxygen atoms in total. The largest absolute Gasteiger partial charge is 0.467 e. The van der Waals surface area contributed by atoms with Gasteiger partial charge in [-0.3, -0.25) is 14.6 Å². The summed E-state index contributed by atoms with van der Waals surface area (Å²) in [6.45, 7) is 2.46. The van der Waals surface area contributed by atoms with Gasteiger partial charge in [0.2, 0.25) is 0 Å². The van der Waals surface area contributed by atoms with Gasteiger partial charge in [-0.2, -0.15) is 0 Å². The molecule has 0 spiro atoms. The Kier molecular flexibility index (Phi) is 4.68. The van der Waals surface area contributed by atoms with Gasteiger partial charge in [0.15, 0.2) is 0 Å². The molecule has 3 heterocycles. The molecule has 0 unspecified atom stereocenters. The SMILES string of the molecule is O=C(NCc1ccco1)c1cc(C(=O)N2CCOCC2)ccn1. The van der Waals surface area contributed by atoms with Crippen molar-refractivity contribution in [2.45, 2.75) is 6.54 Å². The summed E-state index contributed by atoms with van der Waals surface area (Å²) < 4.78 is 10.4. The average Bonchev–Trinajstić information content (AvgIpc) is 3.13. The molecule has 3 rings (SSSR count). The Morgan fingerprint density at radius 3 is 2.83 bits per heavy atom. The van der Waals surface area contributed by atoms with E-state index in [4.69, 9.17) is 9.15 Å². The Morgan fingerprint density at radius 1 is 1.26 bits per heavy atom. The van der Waals surface area contributed by atoms with Gasteiger partial charge in [0.05, 0.1) is 26.0 Å². The van der Waals surface area contributed by atoms with Crippen molar-refractivity contribution in [3.8, 4) is 0 Å². The van der Waals surface area contributed by atoms with Crippen molar-refractivity contribution < 1.29 is 18.7 Å². The zero-order chi connectivity index (χ0) is 16.1. The van der Waals surface area contributed by atoms with Crippen LogP contribution in [-0.2, 0) is 11.3 Å². The van der Waals surface area contributed by atoms with Crippen LogP contribution < -0.4 is 5.32 Å². The normalized spacial score (nSPS) is 14.5. The van der Waals surface area contributed by atoms with Gasteiger partial charge in [-0.1, -0.05) is 0 Å². The smallest absolute Gasteiger partial charge is 0.270 e. The van der Waals surface area contributed by atoms with Crippen molar-refractivity contribution in [1.82, 2.24) is 15.2 Å². The summed E-state index contributed by atoms with van der Waals surface area (Å²) in [5, 5.41) is 2.71. The summed E-state index contributed by atoms with van der Waals surface area (Å²) in [4.78, 5) is 30.3. The molecule has 0 radical (unpaired) electrons. The van der Waals surface area contributed by atoms with Gasteiger partial charge in [-0.25, -0.2) is 0 Å². The maximum Gasteiger partial charge on any atom is 0.270 e. The number of nitrogens with one attached hydrogen (secondary N) is 1. The van der Waals surface area contributed by atoms with Crippen LogP contribution in [0.15, 0.2) is 41.1 Å². The highest BCUT2D eigenvalue weighted by molar-refractivity contribution is 5.98. The summed E-state index contributed by atoms with van der Waals surface area (Å²) in [6, 6.07) is 6.64. The minimum atomic E-state index is -0.349. The second-order valence-electron chi connectivity index (χ2n) is 5.10. The van der Waals surface area contributed by atoms with Crippen LogP contribution >= 0.6 is 0 Å². The first-order valence-corrected chi connectivity index (χ1v) is 7.38. The molecule has 7 heteroatoms. The van der Waals surface area contributed by atoms with Crippen LogP contribution in [0, 0.1) is 0 Å². The predicted octanol–water partition coefficient (Wildman–Crippen LogP) is 1.08. The molecule has 1 aliphatic rings. The fourth-order valence-corrected chi connectivity index (χ4v) is 2.31. The molecule has 1 saturated heterocycles. The molecule has 0 aliphatic carbocycles. The number of amides is 2. The topological polar surface area (TPSA) is 84.7 Å². The van der Waals surface area contributed by atoms with E-state index < -0.39 is 0 Å². The van der Waals surface area contributed by atoms with E-state index in [1.807, 2.05) is 0 Å². The summed E-state index contributed by atoms with van der Waals surface area (Å²) in [6.07, 6.45) is 3.01. The van der Waals surface area contributed by atoms with Crippen LogP contribution in [0.5, 0.6) is 0 Å². The maximum absolute atomic E-state index is 12.4. The van der Waals surface area contributed by atoms with Gasteiger partial charge < -0.3 is 19.4 Å². The molecular weight excluding hydrogens is 298 g/mol. The van der Waals surface area contributed by atoms with Crippen molar-refractivity contribution in [1.29, 1.82) is 0 Å². The van der Waals surface area contributed by atoms with Crippen LogP contribution in [-0.4, -0.2) is 48.0 Å². The van der Waals surface area contributed by atoms with E-state index in [1.165, 1.54) is 12.3 Å². The number of morpholine rings is 1. The highest BCUT2D eigenvalue weighted by Gasteiger charge is 2.19. The minimum absolute atomic E-state index is 0.115. The van der Waals surface area contributed by atoms with Crippen LogP contribution in [0.25, 0.3) is 0 Å². The molecule has 120 valence electrons. The van der Waals surface area contributed by atoms with E-state index in [0.29, 0.717) is 37.6 Å². The molecule has 2 aromatic heterocycles. The Bertz CT molecular complexity index is 678. The van der Waals surface area contributed by atoms with Crippen LogP contribution in [0.1, 0.15) is 26.6 Å². The van der Waals surface area contributed by atoms with Crippen molar-refractivity contribution in [2.24, 2.45) is 0 Å². The number of carbonyl (C=O) groups is 2. The molecule has 0 atom stereocenters. The van der Waals surface area contributed by atoms with Gasteiger partial charge >= 0.3 is 0 Å². The van der Waals surface area contributed by atoms with Crippen LogP contribution in [0.2, 0.25) is 0 Å². The number of furan rings is 1. The number of aromatic nitrogens is 1. The second kappa shape index (κ2) is 7.06. The van der Waals surface area contributed by atoms with E-state index in [0.717, 1.165) is 0 Å². The monoisotopic (exact) mass is 315 g/mol. The molecule has 23 heavy (non-hydrogen) atoms. The molecule has 2 amide bonds. The fourth-order valence-electron chi connectivity index (χ4n) is 2.31. The number of hydrogen-bond donors (Lipinski definition) is 1.